The molecule has 0 radical (unpaired) electrons. The van der Waals surface area contributed by atoms with Crippen molar-refractivity contribution in [3.05, 3.63) is 107 Å². The third kappa shape index (κ3) is 7.10. The molecule has 1 heterocycles. The van der Waals surface area contributed by atoms with Crippen molar-refractivity contribution in [2.75, 3.05) is 0 Å². The SMILES string of the molecule is C/C=C\C(=C/C)c1cc(Oc2cc(C(=O)NCc3ccc(F)c(F)c3)ccc2C)ccn1.CC. The number of hydrogen-bond acceptors (Lipinski definition) is 3. The zero-order valence-corrected chi connectivity index (χ0v) is 20.2. The molecule has 0 spiro atoms. The monoisotopic (exact) mass is 464 g/mol. The van der Waals surface area contributed by atoms with E-state index in [-0.39, 0.29) is 12.5 Å². The first kappa shape index (κ1) is 26.5. The molecule has 3 rings (SSSR count). The quantitative estimate of drug-likeness (QED) is 0.371. The summed E-state index contributed by atoms with van der Waals surface area (Å²) in [5.41, 5.74) is 3.47. The van der Waals surface area contributed by atoms with E-state index in [1.807, 2.05) is 58.9 Å². The van der Waals surface area contributed by atoms with Gasteiger partial charge in [0.05, 0.1) is 5.69 Å². The van der Waals surface area contributed by atoms with Crippen LogP contribution in [0.1, 0.15) is 54.9 Å². The second kappa shape index (κ2) is 13.0. The zero-order chi connectivity index (χ0) is 25.1. The predicted octanol–water partition coefficient (Wildman–Crippen LogP) is 7.40. The number of aromatic nitrogens is 1. The highest BCUT2D eigenvalue weighted by Gasteiger charge is 2.11. The van der Waals surface area contributed by atoms with Crippen LogP contribution < -0.4 is 10.1 Å². The van der Waals surface area contributed by atoms with Crippen molar-refractivity contribution in [3.8, 4) is 11.5 Å². The fraction of sp³-hybridized carbons (Fsp3) is 0.214. The van der Waals surface area contributed by atoms with Gasteiger partial charge in [-0.3, -0.25) is 9.78 Å². The van der Waals surface area contributed by atoms with Crippen molar-refractivity contribution < 1.29 is 18.3 Å². The molecule has 1 N–H and O–H groups in total. The predicted molar refractivity (Wildman–Crippen MR) is 133 cm³/mol. The normalized spacial score (nSPS) is 11.1. The summed E-state index contributed by atoms with van der Waals surface area (Å²) in [4.78, 5) is 17.0. The van der Waals surface area contributed by atoms with Gasteiger partial charge in [-0.2, -0.15) is 0 Å². The van der Waals surface area contributed by atoms with Crippen molar-refractivity contribution >= 4 is 11.5 Å². The Morgan fingerprint density at radius 2 is 1.79 bits per heavy atom. The molecule has 6 heteroatoms. The smallest absolute Gasteiger partial charge is 0.251 e. The largest absolute Gasteiger partial charge is 0.457 e. The fourth-order valence-electron chi connectivity index (χ4n) is 3.05. The molecule has 0 saturated carbocycles. The van der Waals surface area contributed by atoms with Gasteiger partial charge in [-0.1, -0.05) is 44.2 Å². The van der Waals surface area contributed by atoms with Gasteiger partial charge in [0.15, 0.2) is 11.6 Å². The highest BCUT2D eigenvalue weighted by Crippen LogP contribution is 2.28. The molecule has 0 saturated heterocycles. The number of pyridine rings is 1. The molecule has 0 aliphatic carbocycles. The van der Waals surface area contributed by atoms with E-state index in [0.29, 0.717) is 22.6 Å². The molecular weight excluding hydrogens is 434 g/mol. The van der Waals surface area contributed by atoms with Crippen LogP contribution in [0.2, 0.25) is 0 Å². The van der Waals surface area contributed by atoms with E-state index in [1.165, 1.54) is 6.07 Å². The average molecular weight is 465 g/mol. The number of carbonyl (C=O) groups is 1. The summed E-state index contributed by atoms with van der Waals surface area (Å²) in [6, 6.07) is 12.2. The molecule has 0 unspecified atom stereocenters. The third-order valence-electron chi connectivity index (χ3n) is 4.80. The van der Waals surface area contributed by atoms with Gasteiger partial charge in [0, 0.05) is 24.4 Å². The molecule has 0 bridgehead atoms. The minimum Gasteiger partial charge on any atom is -0.457 e. The number of rotatable bonds is 7. The first-order valence-electron chi connectivity index (χ1n) is 11.2. The summed E-state index contributed by atoms with van der Waals surface area (Å²) >= 11 is 0. The molecule has 178 valence electrons. The van der Waals surface area contributed by atoms with E-state index in [1.54, 1.807) is 30.5 Å². The highest BCUT2D eigenvalue weighted by atomic mass is 19.2. The number of ether oxygens (including phenoxy) is 1. The second-order valence-electron chi connectivity index (χ2n) is 7.13. The van der Waals surface area contributed by atoms with Crippen molar-refractivity contribution in [1.82, 2.24) is 10.3 Å². The molecule has 0 aliphatic rings. The Morgan fingerprint density at radius 3 is 2.47 bits per heavy atom. The maximum Gasteiger partial charge on any atom is 0.251 e. The zero-order valence-electron chi connectivity index (χ0n) is 20.2. The minimum absolute atomic E-state index is 0.0743. The lowest BCUT2D eigenvalue weighted by molar-refractivity contribution is 0.0950. The molecule has 2 aromatic carbocycles. The summed E-state index contributed by atoms with van der Waals surface area (Å²) in [7, 11) is 0. The number of carbonyl (C=O) groups excluding carboxylic acids is 1. The van der Waals surface area contributed by atoms with Gasteiger partial charge in [0.25, 0.3) is 5.91 Å². The van der Waals surface area contributed by atoms with Crippen LogP contribution in [0.3, 0.4) is 0 Å². The number of benzene rings is 2. The molecule has 1 aromatic heterocycles. The Kier molecular flexibility index (Phi) is 10.1. The Labute approximate surface area is 200 Å². The van der Waals surface area contributed by atoms with Crippen LogP contribution in [0, 0.1) is 18.6 Å². The Bertz CT molecular complexity index is 1190. The summed E-state index contributed by atoms with van der Waals surface area (Å²) in [5.74, 6) is -1.08. The summed E-state index contributed by atoms with van der Waals surface area (Å²) in [6.07, 6.45) is 7.55. The van der Waals surface area contributed by atoms with Crippen LogP contribution in [0.25, 0.3) is 5.57 Å². The summed E-state index contributed by atoms with van der Waals surface area (Å²) in [5, 5.41) is 2.71. The van der Waals surface area contributed by atoms with E-state index in [9.17, 15) is 13.6 Å². The average Bonchev–Trinajstić information content (AvgIpc) is 2.85. The molecular formula is C28H30F2N2O2. The lowest BCUT2D eigenvalue weighted by atomic mass is 10.1. The van der Waals surface area contributed by atoms with Gasteiger partial charge < -0.3 is 10.1 Å². The number of hydrogen-bond donors (Lipinski definition) is 1. The summed E-state index contributed by atoms with van der Waals surface area (Å²) < 4.78 is 32.5. The first-order chi connectivity index (χ1) is 16.4. The maximum absolute atomic E-state index is 13.4. The van der Waals surface area contributed by atoms with E-state index >= 15 is 0 Å². The van der Waals surface area contributed by atoms with Crippen LogP contribution in [0.15, 0.2) is 73.0 Å². The Morgan fingerprint density at radius 1 is 1.03 bits per heavy atom. The number of nitrogens with one attached hydrogen (secondary N) is 1. The number of allylic oxidation sites excluding steroid dienone is 4. The van der Waals surface area contributed by atoms with Gasteiger partial charge in [0.2, 0.25) is 0 Å². The Hall–Kier alpha value is -3.80. The molecule has 34 heavy (non-hydrogen) atoms. The van der Waals surface area contributed by atoms with Crippen LogP contribution in [-0.2, 0) is 6.54 Å². The maximum atomic E-state index is 13.4. The molecule has 0 fully saturated rings. The number of nitrogens with zero attached hydrogens (tertiary/aromatic N) is 1. The topological polar surface area (TPSA) is 51.2 Å². The molecule has 1 amide bonds. The van der Waals surface area contributed by atoms with Crippen molar-refractivity contribution in [1.29, 1.82) is 0 Å². The standard InChI is InChI=1S/C26H24F2N2O2.C2H6/c1-4-6-19(5-2)24-15-21(11-12-29-24)32-25-14-20(9-7-17(25)3)26(31)30-16-18-8-10-22(27)23(28)13-18;1-2/h4-15H,16H2,1-3H3,(H,30,31);1-2H3/b6-4-,19-5+;. The lowest BCUT2D eigenvalue weighted by Gasteiger charge is -2.12. The number of aryl methyl sites for hydroxylation is 1. The van der Waals surface area contributed by atoms with Crippen molar-refractivity contribution in [2.24, 2.45) is 0 Å². The van der Waals surface area contributed by atoms with Gasteiger partial charge in [-0.25, -0.2) is 8.78 Å². The third-order valence-corrected chi connectivity index (χ3v) is 4.80. The lowest BCUT2D eigenvalue weighted by Crippen LogP contribution is -2.22. The molecule has 4 nitrogen and oxygen atoms in total. The van der Waals surface area contributed by atoms with Gasteiger partial charge in [-0.15, -0.1) is 0 Å². The second-order valence-corrected chi connectivity index (χ2v) is 7.13. The van der Waals surface area contributed by atoms with Crippen LogP contribution >= 0.6 is 0 Å². The number of halogens is 2. The van der Waals surface area contributed by atoms with Gasteiger partial charge in [0.1, 0.15) is 11.5 Å². The van der Waals surface area contributed by atoms with E-state index in [2.05, 4.69) is 10.3 Å². The molecule has 0 aliphatic heterocycles. The minimum atomic E-state index is -0.949. The molecule has 3 aromatic rings. The Balaban J connectivity index is 0.00000199. The van der Waals surface area contributed by atoms with E-state index in [0.717, 1.165) is 29.0 Å². The van der Waals surface area contributed by atoms with Crippen LogP contribution in [0.4, 0.5) is 8.78 Å². The number of amides is 1. The van der Waals surface area contributed by atoms with Crippen molar-refractivity contribution in [2.45, 2.75) is 41.2 Å². The fourth-order valence-corrected chi connectivity index (χ4v) is 3.05. The molecule has 0 atom stereocenters. The highest BCUT2D eigenvalue weighted by molar-refractivity contribution is 5.94. The van der Waals surface area contributed by atoms with E-state index < -0.39 is 11.6 Å². The van der Waals surface area contributed by atoms with Gasteiger partial charge >= 0.3 is 0 Å². The van der Waals surface area contributed by atoms with Gasteiger partial charge in [-0.05, 0) is 67.8 Å². The first-order valence-corrected chi connectivity index (χ1v) is 11.2. The van der Waals surface area contributed by atoms with E-state index in [4.69, 9.17) is 4.74 Å². The van der Waals surface area contributed by atoms with Crippen LogP contribution in [0.5, 0.6) is 11.5 Å². The van der Waals surface area contributed by atoms with Crippen molar-refractivity contribution in [3.63, 3.8) is 0 Å². The summed E-state index contributed by atoms with van der Waals surface area (Å²) in [6.45, 7) is 9.84. The van der Waals surface area contributed by atoms with Crippen LogP contribution in [-0.4, -0.2) is 10.9 Å².